The van der Waals surface area contributed by atoms with Crippen molar-refractivity contribution >= 4 is 31.9 Å². The van der Waals surface area contributed by atoms with Crippen molar-refractivity contribution < 1.29 is 4.74 Å². The third-order valence-corrected chi connectivity index (χ3v) is 4.57. The number of ether oxygens (including phenoxy) is 1. The summed E-state index contributed by atoms with van der Waals surface area (Å²) >= 11 is 7.33. The third-order valence-electron chi connectivity index (χ3n) is 3.03. The molecule has 0 saturated carbocycles. The number of hydrogen-bond acceptors (Lipinski definition) is 2. The molecule has 2 nitrogen and oxygen atoms in total. The van der Waals surface area contributed by atoms with Gasteiger partial charge in [-0.05, 0) is 42.3 Å². The maximum absolute atomic E-state index is 5.28. The molecule has 0 bridgehead atoms. The molecule has 2 rings (SSSR count). The SMILES string of the molecule is COc1ccc(Br)c(C(Br)Cc2ncccc2C)c1. The third kappa shape index (κ3) is 3.57. The molecule has 100 valence electrons. The summed E-state index contributed by atoms with van der Waals surface area (Å²) in [7, 11) is 1.68. The molecule has 0 N–H and O–H groups in total. The fourth-order valence-electron chi connectivity index (χ4n) is 1.90. The van der Waals surface area contributed by atoms with Crippen LogP contribution < -0.4 is 4.74 Å². The minimum atomic E-state index is 0.200. The zero-order chi connectivity index (χ0) is 13.8. The van der Waals surface area contributed by atoms with E-state index in [9.17, 15) is 0 Å². The summed E-state index contributed by atoms with van der Waals surface area (Å²) in [4.78, 5) is 4.64. The lowest BCUT2D eigenvalue weighted by Crippen LogP contribution is -2.01. The molecule has 0 saturated heterocycles. The van der Waals surface area contributed by atoms with Gasteiger partial charge in [0.2, 0.25) is 0 Å². The Labute approximate surface area is 130 Å². The van der Waals surface area contributed by atoms with Crippen LogP contribution in [0.15, 0.2) is 41.0 Å². The molecule has 19 heavy (non-hydrogen) atoms. The van der Waals surface area contributed by atoms with E-state index in [0.29, 0.717) is 0 Å². The van der Waals surface area contributed by atoms with Gasteiger partial charge in [-0.15, -0.1) is 0 Å². The standard InChI is InChI=1S/C15H15Br2NO/c1-10-4-3-7-18-15(10)9-14(17)12-8-11(19-2)5-6-13(12)16/h3-8,14H,9H2,1-2H3. The van der Waals surface area contributed by atoms with Crippen LogP contribution in [0, 0.1) is 6.92 Å². The van der Waals surface area contributed by atoms with Gasteiger partial charge in [0, 0.05) is 27.6 Å². The van der Waals surface area contributed by atoms with E-state index < -0.39 is 0 Å². The van der Waals surface area contributed by atoms with Crippen LogP contribution in [0.25, 0.3) is 0 Å². The fourth-order valence-corrected chi connectivity index (χ4v) is 3.42. The molecule has 0 amide bonds. The van der Waals surface area contributed by atoms with Gasteiger partial charge in [0.25, 0.3) is 0 Å². The minimum Gasteiger partial charge on any atom is -0.497 e. The molecule has 1 aromatic carbocycles. The van der Waals surface area contributed by atoms with Crippen molar-refractivity contribution in [1.82, 2.24) is 4.98 Å². The molecule has 1 atom stereocenters. The van der Waals surface area contributed by atoms with Gasteiger partial charge in [0.15, 0.2) is 0 Å². The van der Waals surface area contributed by atoms with Crippen molar-refractivity contribution in [2.45, 2.75) is 18.2 Å². The monoisotopic (exact) mass is 383 g/mol. The number of aromatic nitrogens is 1. The molecular weight excluding hydrogens is 370 g/mol. The maximum atomic E-state index is 5.28. The average molecular weight is 385 g/mol. The molecule has 0 aliphatic heterocycles. The second-order valence-electron chi connectivity index (χ2n) is 4.33. The lowest BCUT2D eigenvalue weighted by atomic mass is 10.0. The van der Waals surface area contributed by atoms with E-state index >= 15 is 0 Å². The van der Waals surface area contributed by atoms with E-state index in [1.807, 2.05) is 30.5 Å². The van der Waals surface area contributed by atoms with E-state index in [1.165, 1.54) is 11.1 Å². The predicted molar refractivity (Wildman–Crippen MR) is 85.0 cm³/mol. The molecule has 0 radical (unpaired) electrons. The highest BCUT2D eigenvalue weighted by molar-refractivity contribution is 9.11. The fraction of sp³-hybridized carbons (Fsp3) is 0.267. The van der Waals surface area contributed by atoms with Gasteiger partial charge >= 0.3 is 0 Å². The summed E-state index contributed by atoms with van der Waals surface area (Å²) in [6.07, 6.45) is 2.68. The molecular formula is C15H15Br2NO. The second-order valence-corrected chi connectivity index (χ2v) is 6.29. The van der Waals surface area contributed by atoms with Gasteiger partial charge < -0.3 is 4.74 Å². The van der Waals surface area contributed by atoms with Crippen molar-refractivity contribution in [3.63, 3.8) is 0 Å². The number of methoxy groups -OCH3 is 1. The van der Waals surface area contributed by atoms with E-state index in [2.05, 4.69) is 49.8 Å². The summed E-state index contributed by atoms with van der Waals surface area (Å²) in [6, 6.07) is 10.0. The first-order valence-corrected chi connectivity index (χ1v) is 7.70. The van der Waals surface area contributed by atoms with Crippen LogP contribution in [-0.2, 0) is 6.42 Å². The Morgan fingerprint density at radius 3 is 2.79 bits per heavy atom. The lowest BCUT2D eigenvalue weighted by molar-refractivity contribution is 0.414. The van der Waals surface area contributed by atoms with E-state index in [4.69, 9.17) is 4.74 Å². The number of alkyl halides is 1. The Bertz CT molecular complexity index is 572. The maximum Gasteiger partial charge on any atom is 0.119 e. The lowest BCUT2D eigenvalue weighted by Gasteiger charge is -2.14. The second kappa shape index (κ2) is 6.53. The van der Waals surface area contributed by atoms with Crippen LogP contribution in [0.5, 0.6) is 5.75 Å². The molecule has 0 aliphatic carbocycles. The normalized spacial score (nSPS) is 12.2. The van der Waals surface area contributed by atoms with E-state index in [-0.39, 0.29) is 4.83 Å². The Hall–Kier alpha value is -0.870. The molecule has 4 heteroatoms. The quantitative estimate of drug-likeness (QED) is 0.703. The van der Waals surface area contributed by atoms with Crippen LogP contribution in [0.2, 0.25) is 0 Å². The van der Waals surface area contributed by atoms with Gasteiger partial charge in [-0.3, -0.25) is 4.98 Å². The Morgan fingerprint density at radius 2 is 2.11 bits per heavy atom. The zero-order valence-electron chi connectivity index (χ0n) is 10.9. The van der Waals surface area contributed by atoms with Crippen LogP contribution in [0.3, 0.4) is 0 Å². The van der Waals surface area contributed by atoms with Crippen LogP contribution >= 0.6 is 31.9 Å². The van der Waals surface area contributed by atoms with E-state index in [0.717, 1.165) is 22.3 Å². The summed E-state index contributed by atoms with van der Waals surface area (Å²) in [5.41, 5.74) is 3.49. The molecule has 0 fully saturated rings. The van der Waals surface area contributed by atoms with Crippen molar-refractivity contribution in [2.75, 3.05) is 7.11 Å². The highest BCUT2D eigenvalue weighted by atomic mass is 79.9. The van der Waals surface area contributed by atoms with Gasteiger partial charge in [-0.25, -0.2) is 0 Å². The van der Waals surface area contributed by atoms with Gasteiger partial charge in [-0.1, -0.05) is 37.9 Å². The number of hydrogen-bond donors (Lipinski definition) is 0. The van der Waals surface area contributed by atoms with Crippen molar-refractivity contribution in [3.05, 3.63) is 57.8 Å². The highest BCUT2D eigenvalue weighted by Crippen LogP contribution is 2.35. The molecule has 1 aromatic heterocycles. The molecule has 0 aliphatic rings. The largest absolute Gasteiger partial charge is 0.497 e. The smallest absolute Gasteiger partial charge is 0.119 e. The van der Waals surface area contributed by atoms with Gasteiger partial charge in [-0.2, -0.15) is 0 Å². The van der Waals surface area contributed by atoms with Crippen LogP contribution in [0.4, 0.5) is 0 Å². The Morgan fingerprint density at radius 1 is 1.32 bits per heavy atom. The zero-order valence-corrected chi connectivity index (χ0v) is 14.0. The number of aryl methyl sites for hydroxylation is 1. The van der Waals surface area contributed by atoms with Gasteiger partial charge in [0.1, 0.15) is 5.75 Å². The van der Waals surface area contributed by atoms with E-state index in [1.54, 1.807) is 7.11 Å². The number of halogens is 2. The first-order chi connectivity index (χ1) is 9.11. The number of pyridine rings is 1. The minimum absolute atomic E-state index is 0.200. The van der Waals surface area contributed by atoms with Crippen molar-refractivity contribution in [2.24, 2.45) is 0 Å². The summed E-state index contributed by atoms with van der Waals surface area (Å²) in [5.74, 6) is 0.861. The molecule has 1 unspecified atom stereocenters. The predicted octanol–water partition coefficient (Wildman–Crippen LogP) is 4.84. The topological polar surface area (TPSA) is 22.1 Å². The molecule has 2 aromatic rings. The van der Waals surface area contributed by atoms with Crippen LogP contribution in [-0.4, -0.2) is 12.1 Å². The van der Waals surface area contributed by atoms with Crippen LogP contribution in [0.1, 0.15) is 21.6 Å². The first-order valence-electron chi connectivity index (χ1n) is 6.00. The molecule has 1 heterocycles. The average Bonchev–Trinajstić information content (AvgIpc) is 2.42. The Balaban J connectivity index is 2.25. The summed E-state index contributed by atoms with van der Waals surface area (Å²) < 4.78 is 6.35. The van der Waals surface area contributed by atoms with Gasteiger partial charge in [0.05, 0.1) is 7.11 Å². The Kier molecular flexibility index (Phi) is 4.99. The van der Waals surface area contributed by atoms with Crippen molar-refractivity contribution in [1.29, 1.82) is 0 Å². The number of benzene rings is 1. The summed E-state index contributed by atoms with van der Waals surface area (Å²) in [6.45, 7) is 2.09. The van der Waals surface area contributed by atoms with Crippen molar-refractivity contribution in [3.8, 4) is 5.75 Å². The number of nitrogens with zero attached hydrogens (tertiary/aromatic N) is 1. The summed E-state index contributed by atoms with van der Waals surface area (Å²) in [5, 5.41) is 0. The first kappa shape index (κ1) is 14.5. The molecule has 0 spiro atoms. The number of rotatable bonds is 4. The highest BCUT2D eigenvalue weighted by Gasteiger charge is 2.14.